The number of anilines is 2. The first kappa shape index (κ1) is 26.1. The third-order valence-electron chi connectivity index (χ3n) is 5.46. The summed E-state index contributed by atoms with van der Waals surface area (Å²) >= 11 is 13.6. The van der Waals surface area contributed by atoms with E-state index >= 15 is 0 Å². The summed E-state index contributed by atoms with van der Waals surface area (Å²) in [5, 5.41) is 21.6. The van der Waals surface area contributed by atoms with Crippen molar-refractivity contribution in [2.45, 2.75) is 0 Å². The molecule has 0 aliphatic rings. The number of amides is 1. The molecule has 0 spiro atoms. The molecule has 1 amide bonds. The van der Waals surface area contributed by atoms with E-state index in [1.807, 2.05) is 29.6 Å². The Balaban J connectivity index is 1.18. The normalized spacial score (nSPS) is 11.0. The zero-order valence-corrected chi connectivity index (χ0v) is 22.1. The SMILES string of the molecule is O=C(N/N=C\c1ccc(-c2ccc([N+](=O)[O-])cc2Cl)o1)c1ccc(-c2csc(Nc3ccc(Cl)cc3)n2)cc1. The van der Waals surface area contributed by atoms with Crippen LogP contribution in [0.1, 0.15) is 16.1 Å². The number of halogens is 2. The van der Waals surface area contributed by atoms with E-state index in [4.69, 9.17) is 27.6 Å². The van der Waals surface area contributed by atoms with E-state index in [0.717, 1.165) is 22.1 Å². The Bertz CT molecular complexity index is 1680. The number of hydrogen-bond donors (Lipinski definition) is 2. The molecule has 194 valence electrons. The van der Waals surface area contributed by atoms with Gasteiger partial charge in [0.1, 0.15) is 11.5 Å². The van der Waals surface area contributed by atoms with E-state index in [9.17, 15) is 14.9 Å². The Labute approximate surface area is 235 Å². The number of rotatable bonds is 8. The molecule has 0 radical (unpaired) electrons. The van der Waals surface area contributed by atoms with E-state index in [-0.39, 0.29) is 10.7 Å². The number of hydrazone groups is 1. The Morgan fingerprint density at radius 1 is 1.03 bits per heavy atom. The molecule has 5 aromatic rings. The number of furan rings is 1. The number of hydrogen-bond acceptors (Lipinski definition) is 8. The largest absolute Gasteiger partial charge is 0.455 e. The Morgan fingerprint density at radius 3 is 2.51 bits per heavy atom. The lowest BCUT2D eigenvalue weighted by atomic mass is 10.1. The van der Waals surface area contributed by atoms with Gasteiger partial charge in [-0.15, -0.1) is 11.3 Å². The summed E-state index contributed by atoms with van der Waals surface area (Å²) < 4.78 is 5.68. The van der Waals surface area contributed by atoms with Gasteiger partial charge in [0.2, 0.25) is 0 Å². The molecule has 5 rings (SSSR count). The molecule has 0 unspecified atom stereocenters. The summed E-state index contributed by atoms with van der Waals surface area (Å²) in [5.74, 6) is 0.375. The molecule has 2 aromatic heterocycles. The molecule has 0 atom stereocenters. The van der Waals surface area contributed by atoms with Gasteiger partial charge >= 0.3 is 0 Å². The number of nitrogens with one attached hydrogen (secondary N) is 2. The molecule has 0 aliphatic heterocycles. The lowest BCUT2D eigenvalue weighted by Gasteiger charge is -2.03. The second-order valence-electron chi connectivity index (χ2n) is 8.07. The summed E-state index contributed by atoms with van der Waals surface area (Å²) in [6, 6.07) is 21.8. The van der Waals surface area contributed by atoms with Crippen LogP contribution in [0.25, 0.3) is 22.6 Å². The number of nitro groups is 1. The Kier molecular flexibility index (Phi) is 7.69. The van der Waals surface area contributed by atoms with Crippen LogP contribution >= 0.6 is 34.5 Å². The molecule has 9 nitrogen and oxygen atoms in total. The second-order valence-corrected chi connectivity index (χ2v) is 9.77. The van der Waals surface area contributed by atoms with E-state index in [2.05, 4.69) is 20.8 Å². The molecule has 0 bridgehead atoms. The second kappa shape index (κ2) is 11.5. The van der Waals surface area contributed by atoms with E-state index in [1.165, 1.54) is 35.8 Å². The van der Waals surface area contributed by atoms with Crippen molar-refractivity contribution >= 4 is 63.2 Å². The minimum Gasteiger partial charge on any atom is -0.455 e. The van der Waals surface area contributed by atoms with Crippen LogP contribution in [0, 0.1) is 10.1 Å². The summed E-state index contributed by atoms with van der Waals surface area (Å²) in [7, 11) is 0. The molecule has 0 saturated heterocycles. The van der Waals surface area contributed by atoms with Crippen molar-refractivity contribution in [3.05, 3.63) is 116 Å². The van der Waals surface area contributed by atoms with Gasteiger partial charge in [0, 0.05) is 44.9 Å². The predicted octanol–water partition coefficient (Wildman–Crippen LogP) is 7.79. The molecule has 12 heteroatoms. The van der Waals surface area contributed by atoms with Crippen LogP contribution in [0.2, 0.25) is 10.0 Å². The van der Waals surface area contributed by atoms with E-state index in [1.54, 1.807) is 36.4 Å². The zero-order valence-electron chi connectivity index (χ0n) is 19.8. The van der Waals surface area contributed by atoms with Gasteiger partial charge in [-0.2, -0.15) is 5.10 Å². The van der Waals surface area contributed by atoms with Crippen LogP contribution in [0.5, 0.6) is 0 Å². The molecule has 0 aliphatic carbocycles. The fourth-order valence-electron chi connectivity index (χ4n) is 3.52. The van der Waals surface area contributed by atoms with Crippen LogP contribution in [0.3, 0.4) is 0 Å². The fourth-order valence-corrected chi connectivity index (χ4v) is 4.65. The number of benzene rings is 3. The summed E-state index contributed by atoms with van der Waals surface area (Å²) in [4.78, 5) is 27.5. The smallest absolute Gasteiger partial charge is 0.271 e. The molecule has 0 fully saturated rings. The van der Waals surface area contributed by atoms with Crippen LogP contribution < -0.4 is 10.7 Å². The van der Waals surface area contributed by atoms with Gasteiger partial charge in [0.15, 0.2) is 5.13 Å². The Morgan fingerprint density at radius 2 is 1.79 bits per heavy atom. The first-order valence-corrected chi connectivity index (χ1v) is 13.0. The van der Waals surface area contributed by atoms with Gasteiger partial charge in [-0.1, -0.05) is 35.3 Å². The van der Waals surface area contributed by atoms with Crippen molar-refractivity contribution in [2.24, 2.45) is 5.10 Å². The van der Waals surface area contributed by atoms with E-state index < -0.39 is 10.8 Å². The van der Waals surface area contributed by atoms with Crippen molar-refractivity contribution < 1.29 is 14.1 Å². The molecule has 2 N–H and O–H groups in total. The van der Waals surface area contributed by atoms with E-state index in [0.29, 0.717) is 27.7 Å². The maximum Gasteiger partial charge on any atom is 0.271 e. The number of carbonyl (C=O) groups excluding carboxylic acids is 1. The van der Waals surface area contributed by atoms with Crippen molar-refractivity contribution in [1.82, 2.24) is 10.4 Å². The van der Waals surface area contributed by atoms with Gasteiger partial charge in [-0.3, -0.25) is 14.9 Å². The lowest BCUT2D eigenvalue weighted by molar-refractivity contribution is -0.384. The summed E-state index contributed by atoms with van der Waals surface area (Å²) in [6.07, 6.45) is 1.35. The van der Waals surface area contributed by atoms with Gasteiger partial charge in [0.25, 0.3) is 11.6 Å². The standard InChI is InChI=1S/C27H17Cl2N5O4S/c28-18-5-7-19(8-6-18)31-27-32-24(15-39-27)16-1-3-17(4-2-16)26(35)33-30-14-21-10-12-25(38-21)22-11-9-20(34(36)37)13-23(22)29/h1-15H,(H,31,32)(H,33,35)/b30-14-. The first-order valence-electron chi connectivity index (χ1n) is 11.3. The highest BCUT2D eigenvalue weighted by Crippen LogP contribution is 2.32. The minimum atomic E-state index is -0.525. The summed E-state index contributed by atoms with van der Waals surface area (Å²) in [6.45, 7) is 0. The number of carbonyl (C=O) groups is 1. The summed E-state index contributed by atoms with van der Waals surface area (Å²) in [5.41, 5.74) is 5.79. The topological polar surface area (TPSA) is 123 Å². The van der Waals surface area contributed by atoms with Gasteiger partial charge in [-0.25, -0.2) is 10.4 Å². The number of non-ortho nitro benzene ring substituents is 1. The molecule has 39 heavy (non-hydrogen) atoms. The monoisotopic (exact) mass is 577 g/mol. The zero-order chi connectivity index (χ0) is 27.4. The average Bonchev–Trinajstić information content (AvgIpc) is 3.60. The quantitative estimate of drug-likeness (QED) is 0.110. The van der Waals surface area contributed by atoms with Crippen molar-refractivity contribution in [3.63, 3.8) is 0 Å². The molecular weight excluding hydrogens is 561 g/mol. The van der Waals surface area contributed by atoms with Crippen LogP contribution in [0.4, 0.5) is 16.5 Å². The molecule has 3 aromatic carbocycles. The highest BCUT2D eigenvalue weighted by atomic mass is 35.5. The number of thiazole rings is 1. The third-order valence-corrected chi connectivity index (χ3v) is 6.78. The maximum absolute atomic E-state index is 12.5. The van der Waals surface area contributed by atoms with Gasteiger partial charge in [-0.05, 0) is 54.6 Å². The Hall–Kier alpha value is -4.51. The third kappa shape index (κ3) is 6.32. The molecule has 2 heterocycles. The average molecular weight is 578 g/mol. The predicted molar refractivity (Wildman–Crippen MR) is 153 cm³/mol. The highest BCUT2D eigenvalue weighted by molar-refractivity contribution is 7.14. The van der Waals surface area contributed by atoms with Gasteiger partial charge < -0.3 is 9.73 Å². The first-order chi connectivity index (χ1) is 18.9. The van der Waals surface area contributed by atoms with Crippen molar-refractivity contribution in [1.29, 1.82) is 0 Å². The molecule has 0 saturated carbocycles. The van der Waals surface area contributed by atoms with Crippen LogP contribution in [0.15, 0.2) is 93.8 Å². The van der Waals surface area contributed by atoms with Crippen LogP contribution in [-0.2, 0) is 0 Å². The van der Waals surface area contributed by atoms with Crippen molar-refractivity contribution in [3.8, 4) is 22.6 Å². The fraction of sp³-hybridized carbons (Fsp3) is 0. The van der Waals surface area contributed by atoms with Crippen LogP contribution in [-0.4, -0.2) is 22.0 Å². The maximum atomic E-state index is 12.5. The number of aromatic nitrogens is 1. The number of nitro benzene ring substituents is 1. The number of nitrogens with zero attached hydrogens (tertiary/aromatic N) is 3. The highest BCUT2D eigenvalue weighted by Gasteiger charge is 2.13. The minimum absolute atomic E-state index is 0.115. The lowest BCUT2D eigenvalue weighted by Crippen LogP contribution is -2.17. The van der Waals surface area contributed by atoms with Crippen molar-refractivity contribution in [2.75, 3.05) is 5.32 Å². The van der Waals surface area contributed by atoms with Gasteiger partial charge in [0.05, 0.1) is 21.9 Å². The molecular formula is C27H17Cl2N5O4S.